The van der Waals surface area contributed by atoms with Crippen molar-refractivity contribution >= 4 is 53.0 Å². The molecule has 4 amide bonds. The van der Waals surface area contributed by atoms with Crippen LogP contribution in [-0.4, -0.2) is 71.9 Å². The zero-order chi connectivity index (χ0) is 27.8. The number of amides is 4. The first kappa shape index (κ1) is 27.7. The Morgan fingerprint density at radius 3 is 2.26 bits per heavy atom. The summed E-state index contributed by atoms with van der Waals surface area (Å²) >= 11 is 0. The molecular weight excluding hydrogens is 496 g/mol. The van der Waals surface area contributed by atoms with E-state index in [9.17, 15) is 33.6 Å². The molecule has 0 bridgehead atoms. The van der Waals surface area contributed by atoms with Gasteiger partial charge in [0.2, 0.25) is 17.6 Å². The highest BCUT2D eigenvalue weighted by Gasteiger charge is 2.38. The van der Waals surface area contributed by atoms with Crippen molar-refractivity contribution in [1.29, 1.82) is 0 Å². The van der Waals surface area contributed by atoms with Crippen LogP contribution in [0.5, 0.6) is 0 Å². The molecule has 0 aromatic heterocycles. The number of carbonyl (C=O) groups excluding carboxylic acids is 6. The fraction of sp³-hybridized carbons (Fsp3) is 0.269. The standard InChI is InChI=1S/C26H26N4O8/c1-2-22(33)29-13-18(28-25(37)24(36)16-8-4-3-5-9-16)26(38)30(20-11-7-6-10-19(20)29)14-21(32)27-17(15-31)12-23(34)35/h3-11,15,17-18H,2,12-14H2,1H3,(H,27,32)(H,28,37)(H,34,35)/t17?,18-/m0/s1. The smallest absolute Gasteiger partial charge is 0.305 e. The van der Waals surface area contributed by atoms with E-state index >= 15 is 0 Å². The van der Waals surface area contributed by atoms with Crippen molar-refractivity contribution in [3.8, 4) is 0 Å². The maximum absolute atomic E-state index is 13.6. The molecule has 2 aromatic carbocycles. The van der Waals surface area contributed by atoms with Crippen molar-refractivity contribution in [2.45, 2.75) is 31.8 Å². The first-order chi connectivity index (χ1) is 18.2. The Morgan fingerprint density at radius 1 is 1.03 bits per heavy atom. The van der Waals surface area contributed by atoms with Gasteiger partial charge in [-0.15, -0.1) is 0 Å². The molecule has 0 saturated heterocycles. The summed E-state index contributed by atoms with van der Waals surface area (Å²) in [6, 6.07) is 11.3. The number of carboxylic acids is 1. The SMILES string of the molecule is CCC(=O)N1C[C@H](NC(=O)C(=O)c2ccccc2)C(=O)N(CC(=O)NC(C=O)CC(=O)O)c2ccccc21. The van der Waals surface area contributed by atoms with E-state index in [2.05, 4.69) is 10.6 Å². The molecule has 0 spiro atoms. The number of carboxylic acid groups (broad SMARTS) is 1. The summed E-state index contributed by atoms with van der Waals surface area (Å²) in [7, 11) is 0. The molecule has 38 heavy (non-hydrogen) atoms. The predicted octanol–water partition coefficient (Wildman–Crippen LogP) is 0.302. The molecule has 2 atom stereocenters. The summed E-state index contributed by atoms with van der Waals surface area (Å²) in [5, 5.41) is 13.6. The molecule has 12 heteroatoms. The van der Waals surface area contributed by atoms with Crippen LogP contribution in [-0.2, 0) is 28.8 Å². The zero-order valence-electron chi connectivity index (χ0n) is 20.5. The van der Waals surface area contributed by atoms with E-state index in [4.69, 9.17) is 5.11 Å². The van der Waals surface area contributed by atoms with E-state index in [1.807, 2.05) is 0 Å². The number of aldehydes is 1. The maximum atomic E-state index is 13.6. The topological polar surface area (TPSA) is 170 Å². The van der Waals surface area contributed by atoms with Crippen LogP contribution in [0.15, 0.2) is 54.6 Å². The number of benzene rings is 2. The maximum Gasteiger partial charge on any atom is 0.305 e. The molecule has 2 aromatic rings. The van der Waals surface area contributed by atoms with Crippen molar-refractivity contribution in [1.82, 2.24) is 10.6 Å². The van der Waals surface area contributed by atoms with Crippen LogP contribution in [0.1, 0.15) is 30.1 Å². The minimum atomic E-state index is -1.40. The third kappa shape index (κ3) is 6.46. The molecule has 3 N–H and O–H groups in total. The molecule has 0 aliphatic carbocycles. The highest BCUT2D eigenvalue weighted by Crippen LogP contribution is 2.33. The predicted molar refractivity (Wildman–Crippen MR) is 134 cm³/mol. The second-order valence-corrected chi connectivity index (χ2v) is 8.40. The van der Waals surface area contributed by atoms with Gasteiger partial charge in [-0.05, 0) is 12.1 Å². The van der Waals surface area contributed by atoms with Crippen LogP contribution in [0.25, 0.3) is 0 Å². The van der Waals surface area contributed by atoms with Crippen LogP contribution in [0, 0.1) is 0 Å². The number of anilines is 2. The lowest BCUT2D eigenvalue weighted by Gasteiger charge is -2.25. The Balaban J connectivity index is 1.95. The number of nitrogens with zero attached hydrogens (tertiary/aromatic N) is 2. The molecule has 1 aliphatic heterocycles. The number of nitrogens with one attached hydrogen (secondary N) is 2. The third-order valence-electron chi connectivity index (χ3n) is 5.75. The number of para-hydroxylation sites is 2. The van der Waals surface area contributed by atoms with E-state index in [0.29, 0.717) is 5.69 Å². The van der Waals surface area contributed by atoms with Gasteiger partial charge in [0.25, 0.3) is 11.8 Å². The first-order valence-electron chi connectivity index (χ1n) is 11.7. The van der Waals surface area contributed by atoms with Gasteiger partial charge in [0.1, 0.15) is 18.9 Å². The second-order valence-electron chi connectivity index (χ2n) is 8.40. The van der Waals surface area contributed by atoms with Crippen LogP contribution < -0.4 is 20.4 Å². The van der Waals surface area contributed by atoms with Crippen LogP contribution in [0.4, 0.5) is 11.4 Å². The molecule has 1 aliphatic rings. The molecule has 12 nitrogen and oxygen atoms in total. The van der Waals surface area contributed by atoms with Crippen molar-refractivity contribution < 1.29 is 38.7 Å². The summed E-state index contributed by atoms with van der Waals surface area (Å²) < 4.78 is 0. The first-order valence-corrected chi connectivity index (χ1v) is 11.7. The normalized spacial score (nSPS) is 15.5. The van der Waals surface area contributed by atoms with Gasteiger partial charge in [-0.1, -0.05) is 49.4 Å². The lowest BCUT2D eigenvalue weighted by atomic mass is 10.1. The Kier molecular flexibility index (Phi) is 9.04. The van der Waals surface area contributed by atoms with E-state index in [0.717, 1.165) is 4.90 Å². The highest BCUT2D eigenvalue weighted by atomic mass is 16.4. The number of aliphatic carboxylic acids is 1. The van der Waals surface area contributed by atoms with Gasteiger partial charge in [-0.25, -0.2) is 0 Å². The van der Waals surface area contributed by atoms with Crippen molar-refractivity contribution in [3.63, 3.8) is 0 Å². The second kappa shape index (κ2) is 12.4. The largest absolute Gasteiger partial charge is 0.481 e. The van der Waals surface area contributed by atoms with E-state index < -0.39 is 54.5 Å². The van der Waals surface area contributed by atoms with Gasteiger partial charge in [-0.2, -0.15) is 0 Å². The summed E-state index contributed by atoms with van der Waals surface area (Å²) in [4.78, 5) is 89.1. The minimum absolute atomic E-state index is 0.0722. The van der Waals surface area contributed by atoms with Crippen LogP contribution in [0.3, 0.4) is 0 Å². The Bertz CT molecular complexity index is 1260. The van der Waals surface area contributed by atoms with Crippen LogP contribution >= 0.6 is 0 Å². The summed E-state index contributed by atoms with van der Waals surface area (Å²) in [5.74, 6) is -5.26. The fourth-order valence-corrected chi connectivity index (χ4v) is 3.95. The third-order valence-corrected chi connectivity index (χ3v) is 5.75. The van der Waals surface area contributed by atoms with Crippen molar-refractivity contribution in [2.75, 3.05) is 22.9 Å². The van der Waals surface area contributed by atoms with E-state index in [-0.39, 0.29) is 36.4 Å². The van der Waals surface area contributed by atoms with E-state index in [1.54, 1.807) is 43.3 Å². The Labute approximate surface area is 217 Å². The number of ketones is 1. The lowest BCUT2D eigenvalue weighted by molar-refractivity contribution is -0.139. The van der Waals surface area contributed by atoms with Crippen LogP contribution in [0.2, 0.25) is 0 Å². The Morgan fingerprint density at radius 2 is 1.66 bits per heavy atom. The molecule has 0 saturated carbocycles. The summed E-state index contributed by atoms with van der Waals surface area (Å²) in [6.45, 7) is 0.675. The number of carbonyl (C=O) groups is 7. The summed E-state index contributed by atoms with van der Waals surface area (Å²) in [5.41, 5.74) is 0.580. The van der Waals surface area contributed by atoms with E-state index in [1.165, 1.54) is 23.1 Å². The molecule has 1 heterocycles. The average molecular weight is 523 g/mol. The number of rotatable bonds is 10. The molecule has 1 unspecified atom stereocenters. The van der Waals surface area contributed by atoms with Gasteiger partial charge >= 0.3 is 5.97 Å². The van der Waals surface area contributed by atoms with Gasteiger partial charge in [-0.3, -0.25) is 33.7 Å². The van der Waals surface area contributed by atoms with Gasteiger partial charge < -0.3 is 25.4 Å². The zero-order valence-corrected chi connectivity index (χ0v) is 20.5. The number of hydrogen-bond donors (Lipinski definition) is 3. The van der Waals surface area contributed by atoms with Gasteiger partial charge in [0.15, 0.2) is 0 Å². The monoisotopic (exact) mass is 522 g/mol. The molecule has 0 radical (unpaired) electrons. The molecule has 0 fully saturated rings. The van der Waals surface area contributed by atoms with Crippen molar-refractivity contribution in [3.05, 3.63) is 60.2 Å². The van der Waals surface area contributed by atoms with Crippen molar-refractivity contribution in [2.24, 2.45) is 0 Å². The molecule has 198 valence electrons. The number of Topliss-reactive ketones (excluding diaryl/α,β-unsaturated/α-hetero) is 1. The number of fused-ring (bicyclic) bond motifs is 1. The number of hydrogen-bond acceptors (Lipinski definition) is 7. The van der Waals surface area contributed by atoms with Gasteiger partial charge in [0.05, 0.1) is 30.4 Å². The quantitative estimate of drug-likeness (QED) is 0.227. The minimum Gasteiger partial charge on any atom is -0.481 e. The average Bonchev–Trinajstić information content (AvgIpc) is 3.02. The lowest BCUT2D eigenvalue weighted by Crippen LogP contribution is -2.55. The fourth-order valence-electron chi connectivity index (χ4n) is 3.95. The Hall–Kier alpha value is -4.87. The summed E-state index contributed by atoms with van der Waals surface area (Å²) in [6.07, 6.45) is -0.314. The van der Waals surface area contributed by atoms with Gasteiger partial charge in [0, 0.05) is 12.0 Å². The highest BCUT2D eigenvalue weighted by molar-refractivity contribution is 6.43. The molecular formula is C26H26N4O8. The molecule has 3 rings (SSSR count).